The number of aromatic nitrogens is 2. The number of benzene rings is 1. The largest absolute Gasteiger partial charge is 0.378 e. The first-order valence-electron chi connectivity index (χ1n) is 11.1. The van der Waals surface area contributed by atoms with Crippen LogP contribution in [0.25, 0.3) is 0 Å². The minimum Gasteiger partial charge on any atom is -0.378 e. The number of ether oxygens (including phenoxy) is 1. The van der Waals surface area contributed by atoms with Crippen molar-refractivity contribution >= 4 is 45.7 Å². The normalized spacial score (nSPS) is 17.3. The van der Waals surface area contributed by atoms with Gasteiger partial charge in [-0.3, -0.25) is 14.5 Å². The summed E-state index contributed by atoms with van der Waals surface area (Å²) in [5.74, 6) is 0.433. The van der Waals surface area contributed by atoms with Gasteiger partial charge in [0.25, 0.3) is 0 Å². The predicted octanol–water partition coefficient (Wildman–Crippen LogP) is 1.87. The molecule has 1 N–H and O–H groups in total. The fourth-order valence-corrected chi connectivity index (χ4v) is 5.70. The topological polar surface area (TPSA) is 90.9 Å². The molecule has 0 radical (unpaired) electrons. The van der Waals surface area contributed by atoms with Gasteiger partial charge in [-0.2, -0.15) is 0 Å². The van der Waals surface area contributed by atoms with Crippen molar-refractivity contribution in [3.05, 3.63) is 29.3 Å². The summed E-state index contributed by atoms with van der Waals surface area (Å²) in [5.41, 5.74) is 3.01. The number of morpholine rings is 1. The molecule has 9 nitrogen and oxygen atoms in total. The molecule has 2 fully saturated rings. The number of hydrogen-bond acceptors (Lipinski definition) is 9. The molecule has 0 spiro atoms. The standard InChI is InChI=1S/C22H30N6O3S2/c1-16-4-3-5-17(2)20(16)23-18(29)14-26-6-8-27(9-7-26)19(30)15-32-22-25-24-21(33-22)28-10-12-31-13-11-28/h3-5H,6-15H2,1-2H3,(H,23,29). The van der Waals surface area contributed by atoms with Crippen LogP contribution in [0.1, 0.15) is 11.1 Å². The first-order chi connectivity index (χ1) is 16.0. The predicted molar refractivity (Wildman–Crippen MR) is 131 cm³/mol. The lowest BCUT2D eigenvalue weighted by atomic mass is 10.1. The highest BCUT2D eigenvalue weighted by Crippen LogP contribution is 2.28. The van der Waals surface area contributed by atoms with Gasteiger partial charge in [0.05, 0.1) is 25.5 Å². The third-order valence-corrected chi connectivity index (χ3v) is 7.94. The molecule has 0 unspecified atom stereocenters. The van der Waals surface area contributed by atoms with Gasteiger partial charge in [-0.25, -0.2) is 0 Å². The van der Waals surface area contributed by atoms with Crippen molar-refractivity contribution in [2.75, 3.05) is 75.0 Å². The van der Waals surface area contributed by atoms with Crippen molar-refractivity contribution in [3.63, 3.8) is 0 Å². The molecule has 0 atom stereocenters. The summed E-state index contributed by atoms with van der Waals surface area (Å²) in [4.78, 5) is 31.3. The molecule has 11 heteroatoms. The van der Waals surface area contributed by atoms with Crippen molar-refractivity contribution in [2.24, 2.45) is 0 Å². The summed E-state index contributed by atoms with van der Waals surface area (Å²) in [6.07, 6.45) is 0. The Morgan fingerprint density at radius 2 is 1.76 bits per heavy atom. The van der Waals surface area contributed by atoms with Gasteiger partial charge in [-0.15, -0.1) is 10.2 Å². The number of amides is 2. The maximum Gasteiger partial charge on any atom is 0.238 e. The maximum atomic E-state index is 12.7. The number of rotatable bonds is 7. The van der Waals surface area contributed by atoms with E-state index in [1.54, 1.807) is 0 Å². The second-order valence-corrected chi connectivity index (χ2v) is 10.4. The summed E-state index contributed by atoms with van der Waals surface area (Å²) < 4.78 is 6.18. The maximum absolute atomic E-state index is 12.7. The van der Waals surface area contributed by atoms with E-state index >= 15 is 0 Å². The zero-order valence-electron chi connectivity index (χ0n) is 19.1. The molecule has 0 saturated carbocycles. The average Bonchev–Trinajstić information content (AvgIpc) is 3.30. The number of carbonyl (C=O) groups excluding carboxylic acids is 2. The zero-order chi connectivity index (χ0) is 23.2. The van der Waals surface area contributed by atoms with Gasteiger partial charge in [0.2, 0.25) is 16.9 Å². The molecular weight excluding hydrogens is 460 g/mol. The van der Waals surface area contributed by atoms with E-state index in [1.807, 2.05) is 36.9 Å². The van der Waals surface area contributed by atoms with Crippen LogP contribution in [0.4, 0.5) is 10.8 Å². The molecule has 3 heterocycles. The Kier molecular flexibility index (Phi) is 8.18. The molecule has 2 aromatic rings. The molecule has 2 aliphatic heterocycles. The number of piperazine rings is 1. The molecule has 0 aliphatic carbocycles. The molecule has 178 valence electrons. The van der Waals surface area contributed by atoms with Crippen LogP contribution in [-0.4, -0.2) is 96.6 Å². The van der Waals surface area contributed by atoms with Gasteiger partial charge in [0.1, 0.15) is 0 Å². The van der Waals surface area contributed by atoms with Crippen LogP contribution in [0.2, 0.25) is 0 Å². The Morgan fingerprint density at radius 1 is 1.06 bits per heavy atom. The Bertz CT molecular complexity index is 951. The van der Waals surface area contributed by atoms with E-state index in [1.165, 1.54) is 23.1 Å². The minimum absolute atomic E-state index is 0.0184. The van der Waals surface area contributed by atoms with E-state index in [0.29, 0.717) is 51.7 Å². The molecule has 2 aliphatic rings. The number of carbonyl (C=O) groups is 2. The van der Waals surface area contributed by atoms with Crippen LogP contribution in [0.3, 0.4) is 0 Å². The molecule has 2 amide bonds. The van der Waals surface area contributed by atoms with Gasteiger partial charge in [-0.1, -0.05) is 41.3 Å². The smallest absolute Gasteiger partial charge is 0.238 e. The fourth-order valence-electron chi connectivity index (χ4n) is 3.91. The number of anilines is 2. The lowest BCUT2D eigenvalue weighted by molar-refractivity contribution is -0.130. The second kappa shape index (κ2) is 11.3. The lowest BCUT2D eigenvalue weighted by Crippen LogP contribution is -2.50. The van der Waals surface area contributed by atoms with Crippen molar-refractivity contribution in [1.29, 1.82) is 0 Å². The molecule has 2 saturated heterocycles. The van der Waals surface area contributed by atoms with E-state index in [2.05, 4.69) is 25.3 Å². The van der Waals surface area contributed by atoms with E-state index < -0.39 is 0 Å². The first-order valence-corrected chi connectivity index (χ1v) is 12.9. The van der Waals surface area contributed by atoms with Crippen LogP contribution in [0.15, 0.2) is 22.5 Å². The van der Waals surface area contributed by atoms with Crippen LogP contribution in [0.5, 0.6) is 0 Å². The highest BCUT2D eigenvalue weighted by molar-refractivity contribution is 8.01. The van der Waals surface area contributed by atoms with Gasteiger partial charge in [0.15, 0.2) is 4.34 Å². The fraction of sp³-hybridized carbons (Fsp3) is 0.545. The van der Waals surface area contributed by atoms with E-state index in [-0.39, 0.29) is 11.8 Å². The molecule has 33 heavy (non-hydrogen) atoms. The summed E-state index contributed by atoms with van der Waals surface area (Å²) in [6, 6.07) is 5.98. The Balaban J connectivity index is 1.18. The molecule has 4 rings (SSSR count). The van der Waals surface area contributed by atoms with Crippen LogP contribution < -0.4 is 10.2 Å². The third kappa shape index (κ3) is 6.44. The molecule has 1 aromatic carbocycles. The highest BCUT2D eigenvalue weighted by atomic mass is 32.2. The summed E-state index contributed by atoms with van der Waals surface area (Å²) in [7, 11) is 0. The summed E-state index contributed by atoms with van der Waals surface area (Å²) >= 11 is 2.97. The Morgan fingerprint density at radius 3 is 2.45 bits per heavy atom. The van der Waals surface area contributed by atoms with Gasteiger partial charge in [0, 0.05) is 45.0 Å². The highest BCUT2D eigenvalue weighted by Gasteiger charge is 2.23. The Labute approximate surface area is 202 Å². The number of para-hydroxylation sites is 1. The number of nitrogens with zero attached hydrogens (tertiary/aromatic N) is 5. The lowest BCUT2D eigenvalue weighted by Gasteiger charge is -2.34. The SMILES string of the molecule is Cc1cccc(C)c1NC(=O)CN1CCN(C(=O)CSc2nnc(N3CCOCC3)s2)CC1. The van der Waals surface area contributed by atoms with E-state index in [9.17, 15) is 9.59 Å². The Hall–Kier alpha value is -2.21. The summed E-state index contributed by atoms with van der Waals surface area (Å²) in [5, 5.41) is 12.4. The number of nitrogens with one attached hydrogen (secondary N) is 1. The molecule has 0 bridgehead atoms. The van der Waals surface area contributed by atoms with Gasteiger partial charge >= 0.3 is 0 Å². The quantitative estimate of drug-likeness (QED) is 0.589. The van der Waals surface area contributed by atoms with Crippen molar-refractivity contribution in [2.45, 2.75) is 18.2 Å². The zero-order valence-corrected chi connectivity index (χ0v) is 20.7. The van der Waals surface area contributed by atoms with Crippen LogP contribution >= 0.6 is 23.1 Å². The minimum atomic E-state index is -0.0184. The van der Waals surface area contributed by atoms with Crippen LogP contribution in [-0.2, 0) is 14.3 Å². The number of aryl methyl sites for hydroxylation is 2. The number of hydrogen-bond donors (Lipinski definition) is 1. The third-order valence-electron chi connectivity index (χ3n) is 5.83. The van der Waals surface area contributed by atoms with Crippen molar-refractivity contribution in [1.82, 2.24) is 20.0 Å². The van der Waals surface area contributed by atoms with Gasteiger partial charge in [-0.05, 0) is 25.0 Å². The monoisotopic (exact) mass is 490 g/mol. The average molecular weight is 491 g/mol. The number of thioether (sulfide) groups is 1. The van der Waals surface area contributed by atoms with Gasteiger partial charge < -0.3 is 19.9 Å². The van der Waals surface area contributed by atoms with Crippen molar-refractivity contribution < 1.29 is 14.3 Å². The van der Waals surface area contributed by atoms with Crippen molar-refractivity contribution in [3.8, 4) is 0 Å². The van der Waals surface area contributed by atoms with E-state index in [0.717, 1.165) is 39.4 Å². The van der Waals surface area contributed by atoms with Crippen LogP contribution in [0, 0.1) is 13.8 Å². The second-order valence-electron chi connectivity index (χ2n) is 8.21. The molecular formula is C22H30N6O3S2. The van der Waals surface area contributed by atoms with E-state index in [4.69, 9.17) is 4.74 Å². The first kappa shape index (κ1) is 23.9. The molecule has 1 aromatic heterocycles. The summed E-state index contributed by atoms with van der Waals surface area (Å²) in [6.45, 7) is 10.0.